The fourth-order valence-corrected chi connectivity index (χ4v) is 3.67. The van der Waals surface area contributed by atoms with Crippen molar-refractivity contribution in [1.29, 1.82) is 0 Å². The van der Waals surface area contributed by atoms with Gasteiger partial charge in [-0.05, 0) is 38.3 Å². The van der Waals surface area contributed by atoms with E-state index in [1.165, 1.54) is 11.8 Å². The van der Waals surface area contributed by atoms with Crippen LogP contribution in [0.1, 0.15) is 55.6 Å². The number of aryl methyl sites for hydroxylation is 2. The number of aromatic nitrogens is 3. The SMILES string of the molecule is Cc1ccc(NC(=O)NC(=O)CSc2nnc(C(C)C)n2C2CC2)c(C)c1. The molecule has 2 aromatic rings. The Labute approximate surface area is 163 Å². The van der Waals surface area contributed by atoms with E-state index in [-0.39, 0.29) is 17.6 Å². The molecule has 0 saturated heterocycles. The molecule has 0 unspecified atom stereocenters. The van der Waals surface area contributed by atoms with Gasteiger partial charge in [-0.3, -0.25) is 10.1 Å². The molecule has 3 rings (SSSR count). The third-order valence-electron chi connectivity index (χ3n) is 4.33. The fraction of sp³-hybridized carbons (Fsp3) is 0.474. The zero-order valence-electron chi connectivity index (χ0n) is 16.1. The molecule has 0 bridgehead atoms. The van der Waals surface area contributed by atoms with Crippen LogP contribution in [0, 0.1) is 13.8 Å². The van der Waals surface area contributed by atoms with Gasteiger partial charge >= 0.3 is 6.03 Å². The van der Waals surface area contributed by atoms with Crippen molar-refractivity contribution in [2.45, 2.75) is 57.7 Å². The average Bonchev–Trinajstić information content (AvgIpc) is 3.34. The van der Waals surface area contributed by atoms with Gasteiger partial charge in [-0.1, -0.05) is 43.3 Å². The number of anilines is 1. The van der Waals surface area contributed by atoms with E-state index in [1.807, 2.05) is 32.0 Å². The number of benzene rings is 1. The van der Waals surface area contributed by atoms with Crippen LogP contribution in [0.4, 0.5) is 10.5 Å². The second-order valence-corrected chi connectivity index (χ2v) is 8.15. The van der Waals surface area contributed by atoms with Gasteiger partial charge in [-0.15, -0.1) is 10.2 Å². The van der Waals surface area contributed by atoms with E-state index in [1.54, 1.807) is 0 Å². The third-order valence-corrected chi connectivity index (χ3v) is 5.28. The lowest BCUT2D eigenvalue weighted by atomic mass is 10.1. The first kappa shape index (κ1) is 19.4. The van der Waals surface area contributed by atoms with Crippen LogP contribution in [0.25, 0.3) is 0 Å². The van der Waals surface area contributed by atoms with Gasteiger partial charge in [-0.2, -0.15) is 0 Å². The summed E-state index contributed by atoms with van der Waals surface area (Å²) in [6.45, 7) is 8.07. The molecule has 0 atom stereocenters. The van der Waals surface area contributed by atoms with Gasteiger partial charge in [0, 0.05) is 17.6 Å². The van der Waals surface area contributed by atoms with Crippen molar-refractivity contribution < 1.29 is 9.59 Å². The lowest BCUT2D eigenvalue weighted by Crippen LogP contribution is -2.35. The van der Waals surface area contributed by atoms with Crippen LogP contribution >= 0.6 is 11.8 Å². The summed E-state index contributed by atoms with van der Waals surface area (Å²) in [5.41, 5.74) is 2.76. The van der Waals surface area contributed by atoms with Gasteiger partial charge in [-0.25, -0.2) is 4.79 Å². The van der Waals surface area contributed by atoms with Gasteiger partial charge in [0.05, 0.1) is 5.75 Å². The molecule has 1 heterocycles. The summed E-state index contributed by atoms with van der Waals surface area (Å²) in [6, 6.07) is 5.63. The summed E-state index contributed by atoms with van der Waals surface area (Å²) >= 11 is 1.31. The Morgan fingerprint density at radius 2 is 2.00 bits per heavy atom. The molecule has 1 aromatic heterocycles. The highest BCUT2D eigenvalue weighted by atomic mass is 32.2. The van der Waals surface area contributed by atoms with Gasteiger partial charge in [0.25, 0.3) is 0 Å². The molecule has 0 aliphatic heterocycles. The lowest BCUT2D eigenvalue weighted by Gasteiger charge is -2.11. The number of carbonyl (C=O) groups is 2. The Bertz CT molecular complexity index is 858. The first-order valence-corrected chi connectivity index (χ1v) is 10.1. The van der Waals surface area contributed by atoms with E-state index in [9.17, 15) is 9.59 Å². The second kappa shape index (κ2) is 8.12. The van der Waals surface area contributed by atoms with Crippen molar-refractivity contribution in [2.24, 2.45) is 0 Å². The Kier molecular flexibility index (Phi) is 5.84. The van der Waals surface area contributed by atoms with Crippen LogP contribution in [0.5, 0.6) is 0 Å². The summed E-state index contributed by atoms with van der Waals surface area (Å²) in [4.78, 5) is 24.2. The number of urea groups is 1. The molecule has 3 amide bonds. The molecule has 1 aliphatic rings. The summed E-state index contributed by atoms with van der Waals surface area (Å²) in [6.07, 6.45) is 2.24. The maximum atomic E-state index is 12.1. The number of hydrogen-bond donors (Lipinski definition) is 2. The molecule has 8 heteroatoms. The zero-order chi connectivity index (χ0) is 19.6. The Balaban J connectivity index is 1.55. The number of hydrogen-bond acceptors (Lipinski definition) is 5. The third kappa shape index (κ3) is 4.88. The molecule has 27 heavy (non-hydrogen) atoms. The first-order chi connectivity index (χ1) is 12.8. The minimum Gasteiger partial charge on any atom is -0.307 e. The van der Waals surface area contributed by atoms with E-state index < -0.39 is 6.03 Å². The first-order valence-electron chi connectivity index (χ1n) is 9.11. The molecule has 144 valence electrons. The monoisotopic (exact) mass is 387 g/mol. The molecule has 1 aromatic carbocycles. The van der Waals surface area contributed by atoms with Gasteiger partial charge in [0.2, 0.25) is 5.91 Å². The Hall–Kier alpha value is -2.35. The number of nitrogens with zero attached hydrogens (tertiary/aromatic N) is 3. The van der Waals surface area contributed by atoms with E-state index in [0.717, 1.165) is 34.9 Å². The maximum Gasteiger partial charge on any atom is 0.325 e. The smallest absolute Gasteiger partial charge is 0.307 e. The topological polar surface area (TPSA) is 88.9 Å². The molecule has 2 N–H and O–H groups in total. The van der Waals surface area contributed by atoms with Crippen LogP contribution in [0.15, 0.2) is 23.4 Å². The summed E-state index contributed by atoms with van der Waals surface area (Å²) in [5.74, 6) is 0.986. The van der Waals surface area contributed by atoms with E-state index in [4.69, 9.17) is 0 Å². The van der Waals surface area contributed by atoms with Crippen LogP contribution in [0.3, 0.4) is 0 Å². The zero-order valence-corrected chi connectivity index (χ0v) is 16.9. The number of nitrogens with one attached hydrogen (secondary N) is 2. The Morgan fingerprint density at radius 3 is 2.63 bits per heavy atom. The molecular formula is C19H25N5O2S. The largest absolute Gasteiger partial charge is 0.325 e. The number of carbonyl (C=O) groups excluding carboxylic acids is 2. The van der Waals surface area contributed by atoms with Crippen LogP contribution in [0.2, 0.25) is 0 Å². The molecule has 7 nitrogen and oxygen atoms in total. The van der Waals surface area contributed by atoms with Crippen molar-refractivity contribution in [3.63, 3.8) is 0 Å². The van der Waals surface area contributed by atoms with Crippen LogP contribution in [-0.2, 0) is 4.79 Å². The molecule has 1 fully saturated rings. The van der Waals surface area contributed by atoms with E-state index >= 15 is 0 Å². The van der Waals surface area contributed by atoms with E-state index in [2.05, 4.69) is 39.2 Å². The summed E-state index contributed by atoms with van der Waals surface area (Å²) in [5, 5.41) is 14.3. The highest BCUT2D eigenvalue weighted by Gasteiger charge is 2.30. The standard InChI is InChI=1S/C19H25N5O2S/c1-11(2)17-22-23-19(24(17)14-6-7-14)27-10-16(25)21-18(26)20-15-8-5-12(3)9-13(15)4/h5,8-9,11,14H,6-7,10H2,1-4H3,(H2,20,21,25,26). The highest BCUT2D eigenvalue weighted by Crippen LogP contribution is 2.40. The van der Waals surface area contributed by atoms with Crippen molar-refractivity contribution in [2.75, 3.05) is 11.1 Å². The molecule has 0 radical (unpaired) electrons. The van der Waals surface area contributed by atoms with Crippen LogP contribution in [-0.4, -0.2) is 32.5 Å². The molecule has 0 spiro atoms. The number of rotatable bonds is 6. The summed E-state index contributed by atoms with van der Waals surface area (Å²) in [7, 11) is 0. The van der Waals surface area contributed by atoms with Crippen molar-refractivity contribution >= 4 is 29.4 Å². The predicted octanol–water partition coefficient (Wildman–Crippen LogP) is 3.79. The minimum absolute atomic E-state index is 0.114. The Morgan fingerprint density at radius 1 is 1.26 bits per heavy atom. The van der Waals surface area contributed by atoms with Gasteiger partial charge in [0.15, 0.2) is 5.16 Å². The lowest BCUT2D eigenvalue weighted by molar-refractivity contribution is -0.117. The highest BCUT2D eigenvalue weighted by molar-refractivity contribution is 7.99. The predicted molar refractivity (Wildman–Crippen MR) is 106 cm³/mol. The molecule has 1 aliphatic carbocycles. The minimum atomic E-state index is -0.529. The average molecular weight is 388 g/mol. The number of amides is 3. The van der Waals surface area contributed by atoms with Gasteiger partial charge in [0.1, 0.15) is 5.82 Å². The van der Waals surface area contributed by atoms with E-state index in [0.29, 0.717) is 11.7 Å². The fourth-order valence-electron chi connectivity index (χ4n) is 2.86. The van der Waals surface area contributed by atoms with Crippen molar-refractivity contribution in [3.8, 4) is 0 Å². The normalized spacial score (nSPS) is 13.7. The van der Waals surface area contributed by atoms with Gasteiger partial charge < -0.3 is 9.88 Å². The maximum absolute atomic E-state index is 12.1. The quantitative estimate of drug-likeness (QED) is 0.736. The number of thioether (sulfide) groups is 1. The molecule has 1 saturated carbocycles. The molecular weight excluding hydrogens is 362 g/mol. The second-order valence-electron chi connectivity index (χ2n) is 7.21. The summed E-state index contributed by atoms with van der Waals surface area (Å²) < 4.78 is 2.14. The van der Waals surface area contributed by atoms with Crippen molar-refractivity contribution in [3.05, 3.63) is 35.2 Å². The van der Waals surface area contributed by atoms with Crippen molar-refractivity contribution in [1.82, 2.24) is 20.1 Å². The van der Waals surface area contributed by atoms with Crippen LogP contribution < -0.4 is 10.6 Å². The number of imide groups is 1.